The maximum atomic E-state index is 12.6. The van der Waals surface area contributed by atoms with Crippen molar-refractivity contribution in [1.82, 2.24) is 4.98 Å². The van der Waals surface area contributed by atoms with Crippen LogP contribution in [0.15, 0.2) is 48.5 Å². The summed E-state index contributed by atoms with van der Waals surface area (Å²) < 4.78 is 10.8. The minimum Gasteiger partial charge on any atom is -0.497 e. The first kappa shape index (κ1) is 16.7. The second-order valence-electron chi connectivity index (χ2n) is 6.07. The molecule has 3 aromatic rings. The average Bonchev–Trinajstić information content (AvgIpc) is 3.07. The van der Waals surface area contributed by atoms with Crippen molar-refractivity contribution in [2.75, 3.05) is 25.2 Å². The number of hydrogen-bond acceptors (Lipinski definition) is 4. The highest BCUT2D eigenvalue weighted by molar-refractivity contribution is 6.30. The van der Waals surface area contributed by atoms with Crippen LogP contribution in [0.4, 0.5) is 5.82 Å². The van der Waals surface area contributed by atoms with Gasteiger partial charge in [0.15, 0.2) is 6.61 Å². The predicted molar refractivity (Wildman–Crippen MR) is 101 cm³/mol. The molecular weight excluding hydrogens is 352 g/mol. The molecule has 0 bridgehead atoms. The van der Waals surface area contributed by atoms with Crippen molar-refractivity contribution in [2.45, 2.75) is 6.42 Å². The number of benzene rings is 2. The van der Waals surface area contributed by atoms with E-state index in [0.29, 0.717) is 23.1 Å². The minimum absolute atomic E-state index is 0.0383. The van der Waals surface area contributed by atoms with Gasteiger partial charge in [-0.1, -0.05) is 11.6 Å². The topological polar surface area (TPSA) is 51.7 Å². The summed E-state index contributed by atoms with van der Waals surface area (Å²) in [6.45, 7) is 0.571. The van der Waals surface area contributed by atoms with E-state index in [1.165, 1.54) is 0 Å². The zero-order chi connectivity index (χ0) is 18.1. The van der Waals surface area contributed by atoms with E-state index in [4.69, 9.17) is 21.1 Å². The largest absolute Gasteiger partial charge is 0.497 e. The number of anilines is 1. The number of carbonyl (C=O) groups is 1. The molecule has 5 nitrogen and oxygen atoms in total. The first-order valence-electron chi connectivity index (χ1n) is 8.30. The fourth-order valence-electron chi connectivity index (χ4n) is 3.07. The van der Waals surface area contributed by atoms with Gasteiger partial charge in [0.2, 0.25) is 0 Å². The molecule has 1 amide bonds. The summed E-state index contributed by atoms with van der Waals surface area (Å²) in [4.78, 5) is 19.0. The lowest BCUT2D eigenvalue weighted by atomic mass is 10.1. The zero-order valence-corrected chi connectivity index (χ0v) is 15.0. The van der Waals surface area contributed by atoms with Gasteiger partial charge in [0.1, 0.15) is 17.3 Å². The van der Waals surface area contributed by atoms with Gasteiger partial charge in [0.05, 0.1) is 12.6 Å². The molecule has 0 saturated carbocycles. The number of methoxy groups -OCH3 is 1. The average molecular weight is 369 g/mol. The van der Waals surface area contributed by atoms with Crippen LogP contribution < -0.4 is 14.4 Å². The number of nitrogens with zero attached hydrogens (tertiary/aromatic N) is 2. The Morgan fingerprint density at radius 3 is 2.69 bits per heavy atom. The molecule has 0 N–H and O–H groups in total. The van der Waals surface area contributed by atoms with Gasteiger partial charge >= 0.3 is 0 Å². The Balaban J connectivity index is 1.53. The summed E-state index contributed by atoms with van der Waals surface area (Å²) in [5.74, 6) is 2.01. The minimum atomic E-state index is -0.112. The molecule has 1 aliphatic heterocycles. The first-order valence-corrected chi connectivity index (χ1v) is 8.68. The maximum absolute atomic E-state index is 12.6. The van der Waals surface area contributed by atoms with E-state index >= 15 is 0 Å². The highest BCUT2D eigenvalue weighted by atomic mass is 35.5. The first-order chi connectivity index (χ1) is 12.6. The lowest BCUT2D eigenvalue weighted by Gasteiger charge is -2.17. The molecule has 2 heterocycles. The van der Waals surface area contributed by atoms with Gasteiger partial charge in [-0.05, 0) is 60.5 Å². The third-order valence-corrected chi connectivity index (χ3v) is 4.67. The van der Waals surface area contributed by atoms with Crippen LogP contribution in [-0.4, -0.2) is 31.2 Å². The number of hydrogen-bond donors (Lipinski definition) is 0. The number of amides is 1. The molecular formula is C20H17ClN2O3. The summed E-state index contributed by atoms with van der Waals surface area (Å²) in [5.41, 5.74) is 1.90. The van der Waals surface area contributed by atoms with Crippen LogP contribution in [0.1, 0.15) is 5.56 Å². The predicted octanol–water partition coefficient (Wildman–Crippen LogP) is 3.86. The van der Waals surface area contributed by atoms with Crippen molar-refractivity contribution in [2.24, 2.45) is 0 Å². The van der Waals surface area contributed by atoms with Gasteiger partial charge in [-0.2, -0.15) is 0 Å². The molecule has 0 saturated heterocycles. The Morgan fingerprint density at radius 1 is 1.15 bits per heavy atom. The number of fused-ring (bicyclic) bond motifs is 2. The van der Waals surface area contributed by atoms with E-state index in [-0.39, 0.29) is 12.5 Å². The van der Waals surface area contributed by atoms with Crippen molar-refractivity contribution >= 4 is 34.2 Å². The van der Waals surface area contributed by atoms with E-state index in [1.54, 1.807) is 36.3 Å². The second kappa shape index (κ2) is 6.84. The number of aromatic nitrogens is 1. The molecule has 0 atom stereocenters. The zero-order valence-electron chi connectivity index (χ0n) is 14.2. The SMILES string of the molecule is COc1ccc2nc3c(cc2c1)CCN3C(=O)COc1ccc(Cl)cc1. The molecule has 6 heteroatoms. The fraction of sp³-hybridized carbons (Fsp3) is 0.200. The summed E-state index contributed by atoms with van der Waals surface area (Å²) in [6, 6.07) is 14.7. The van der Waals surface area contributed by atoms with Crippen molar-refractivity contribution in [3.05, 3.63) is 59.1 Å². The van der Waals surface area contributed by atoms with Crippen LogP contribution in [0.2, 0.25) is 5.02 Å². The molecule has 0 aliphatic carbocycles. The fourth-order valence-corrected chi connectivity index (χ4v) is 3.19. The Kier molecular flexibility index (Phi) is 4.39. The van der Waals surface area contributed by atoms with E-state index in [9.17, 15) is 4.79 Å². The third-order valence-electron chi connectivity index (χ3n) is 4.42. The molecule has 0 fully saturated rings. The standard InChI is InChI=1S/C20H17ClN2O3/c1-25-17-6-7-18-14(11-17)10-13-8-9-23(20(13)22-18)19(24)12-26-16-4-2-15(21)3-5-16/h2-7,10-11H,8-9,12H2,1H3. The molecule has 0 unspecified atom stereocenters. The highest BCUT2D eigenvalue weighted by Gasteiger charge is 2.27. The van der Waals surface area contributed by atoms with E-state index in [0.717, 1.165) is 28.6 Å². The lowest BCUT2D eigenvalue weighted by molar-refractivity contribution is -0.120. The van der Waals surface area contributed by atoms with Crippen molar-refractivity contribution < 1.29 is 14.3 Å². The van der Waals surface area contributed by atoms with Gasteiger partial charge in [0, 0.05) is 17.0 Å². The number of pyridine rings is 1. The summed E-state index contributed by atoms with van der Waals surface area (Å²) in [5, 5.41) is 1.64. The van der Waals surface area contributed by atoms with Crippen molar-refractivity contribution in [3.63, 3.8) is 0 Å². The van der Waals surface area contributed by atoms with E-state index in [1.807, 2.05) is 18.2 Å². The monoisotopic (exact) mass is 368 g/mol. The Labute approximate surface area is 156 Å². The van der Waals surface area contributed by atoms with Crippen molar-refractivity contribution in [1.29, 1.82) is 0 Å². The normalized spacial score (nSPS) is 12.9. The highest BCUT2D eigenvalue weighted by Crippen LogP contribution is 2.31. The van der Waals surface area contributed by atoms with Gasteiger partial charge in [-0.15, -0.1) is 0 Å². The summed E-state index contributed by atoms with van der Waals surface area (Å²) in [6.07, 6.45) is 0.780. The number of ether oxygens (including phenoxy) is 2. The van der Waals surface area contributed by atoms with Crippen LogP contribution in [0, 0.1) is 0 Å². The van der Waals surface area contributed by atoms with E-state index < -0.39 is 0 Å². The van der Waals surface area contributed by atoms with Gasteiger partial charge in [-0.25, -0.2) is 4.98 Å². The number of halogens is 1. The van der Waals surface area contributed by atoms with Gasteiger partial charge in [0.25, 0.3) is 5.91 Å². The summed E-state index contributed by atoms with van der Waals surface area (Å²) >= 11 is 5.85. The summed E-state index contributed by atoms with van der Waals surface area (Å²) in [7, 11) is 1.64. The lowest BCUT2D eigenvalue weighted by Crippen LogP contribution is -2.33. The molecule has 4 rings (SSSR count). The molecule has 2 aromatic carbocycles. The Hall–Kier alpha value is -2.79. The van der Waals surface area contributed by atoms with Crippen LogP contribution >= 0.6 is 11.6 Å². The van der Waals surface area contributed by atoms with Crippen LogP contribution in [0.25, 0.3) is 10.9 Å². The molecule has 132 valence electrons. The van der Waals surface area contributed by atoms with Crippen LogP contribution in [-0.2, 0) is 11.2 Å². The maximum Gasteiger partial charge on any atom is 0.266 e. The van der Waals surface area contributed by atoms with Gasteiger partial charge in [-0.3, -0.25) is 9.69 Å². The van der Waals surface area contributed by atoms with Crippen molar-refractivity contribution in [3.8, 4) is 11.5 Å². The smallest absolute Gasteiger partial charge is 0.266 e. The quantitative estimate of drug-likeness (QED) is 0.701. The molecule has 1 aromatic heterocycles. The van der Waals surface area contributed by atoms with Crippen LogP contribution in [0.5, 0.6) is 11.5 Å². The molecule has 0 spiro atoms. The third kappa shape index (κ3) is 3.18. The Morgan fingerprint density at radius 2 is 1.92 bits per heavy atom. The number of rotatable bonds is 4. The molecule has 26 heavy (non-hydrogen) atoms. The molecule has 1 aliphatic rings. The molecule has 0 radical (unpaired) electrons. The van der Waals surface area contributed by atoms with E-state index in [2.05, 4.69) is 11.1 Å². The van der Waals surface area contributed by atoms with Crippen LogP contribution in [0.3, 0.4) is 0 Å². The van der Waals surface area contributed by atoms with Gasteiger partial charge < -0.3 is 9.47 Å². The second-order valence-corrected chi connectivity index (χ2v) is 6.50. The Bertz CT molecular complexity index is 973. The number of carbonyl (C=O) groups excluding carboxylic acids is 1.